The van der Waals surface area contributed by atoms with E-state index >= 15 is 0 Å². The molecule has 0 aromatic heterocycles. The highest BCUT2D eigenvalue weighted by atomic mass is 35.5. The summed E-state index contributed by atoms with van der Waals surface area (Å²) in [5.74, 6) is -0.368. The van der Waals surface area contributed by atoms with Gasteiger partial charge < -0.3 is 10.1 Å². The Labute approximate surface area is 170 Å². The second-order valence-electron chi connectivity index (χ2n) is 6.80. The zero-order valence-corrected chi connectivity index (χ0v) is 17.1. The fourth-order valence-corrected chi connectivity index (χ4v) is 4.52. The molecule has 0 aliphatic carbocycles. The van der Waals surface area contributed by atoms with Crippen LogP contribution in [0.3, 0.4) is 0 Å². The van der Waals surface area contributed by atoms with Crippen LogP contribution in [0.2, 0.25) is 5.02 Å². The van der Waals surface area contributed by atoms with Crippen LogP contribution in [0.4, 0.5) is 0 Å². The Bertz CT molecular complexity index is 939. The fourth-order valence-electron chi connectivity index (χ4n) is 2.93. The predicted octanol–water partition coefficient (Wildman–Crippen LogP) is 3.04. The monoisotopic (exact) mass is 422 g/mol. The highest BCUT2D eigenvalue weighted by Gasteiger charge is 2.23. The third kappa shape index (κ3) is 5.32. The van der Waals surface area contributed by atoms with Crippen molar-refractivity contribution in [3.05, 3.63) is 64.2 Å². The number of ether oxygens (including phenoxy) is 1. The van der Waals surface area contributed by atoms with Gasteiger partial charge in [0.25, 0.3) is 5.91 Å². The standard InChI is InChI=1S/C20H23ClN2O4S/c1-14-4-6-15(7-5-14)12-22-20(24)16-8-9-18(21)19(11-16)28(25,26)23-13-17-3-2-10-27-17/h4-9,11,17,23H,2-3,10,12-13H2,1H3,(H,22,24)/t17-/m1/s1. The highest BCUT2D eigenvalue weighted by Crippen LogP contribution is 2.23. The van der Waals surface area contributed by atoms with Crippen LogP contribution in [0.1, 0.15) is 34.3 Å². The first kappa shape index (κ1) is 20.8. The molecule has 1 saturated heterocycles. The van der Waals surface area contributed by atoms with Gasteiger partial charge in [0, 0.05) is 25.3 Å². The summed E-state index contributed by atoms with van der Waals surface area (Å²) in [7, 11) is -3.85. The largest absolute Gasteiger partial charge is 0.377 e. The van der Waals surface area contributed by atoms with Gasteiger partial charge in [-0.25, -0.2) is 13.1 Å². The quantitative estimate of drug-likeness (QED) is 0.718. The Kier molecular flexibility index (Phi) is 6.72. The number of carbonyl (C=O) groups is 1. The van der Waals surface area contributed by atoms with E-state index in [9.17, 15) is 13.2 Å². The molecule has 1 fully saturated rings. The van der Waals surface area contributed by atoms with Crippen LogP contribution in [0.5, 0.6) is 0 Å². The topological polar surface area (TPSA) is 84.5 Å². The number of hydrogen-bond donors (Lipinski definition) is 2. The average molecular weight is 423 g/mol. The van der Waals surface area contributed by atoms with Crippen molar-refractivity contribution in [2.24, 2.45) is 0 Å². The van der Waals surface area contributed by atoms with Gasteiger partial charge >= 0.3 is 0 Å². The number of halogens is 1. The number of sulfonamides is 1. The van der Waals surface area contributed by atoms with Crippen LogP contribution >= 0.6 is 11.6 Å². The number of benzene rings is 2. The van der Waals surface area contributed by atoms with E-state index in [2.05, 4.69) is 10.0 Å². The SMILES string of the molecule is Cc1ccc(CNC(=O)c2ccc(Cl)c(S(=O)(=O)NC[C@H]3CCCO3)c2)cc1. The van der Waals surface area contributed by atoms with Crippen molar-refractivity contribution < 1.29 is 17.9 Å². The van der Waals surface area contributed by atoms with Crippen molar-refractivity contribution in [2.45, 2.75) is 37.3 Å². The maximum atomic E-state index is 12.6. The van der Waals surface area contributed by atoms with Crippen molar-refractivity contribution in [3.63, 3.8) is 0 Å². The van der Waals surface area contributed by atoms with E-state index < -0.39 is 10.0 Å². The molecule has 1 amide bonds. The normalized spacial score (nSPS) is 16.9. The summed E-state index contributed by atoms with van der Waals surface area (Å²) < 4.78 is 33.2. The van der Waals surface area contributed by atoms with Gasteiger partial charge in [-0.15, -0.1) is 0 Å². The number of hydrogen-bond acceptors (Lipinski definition) is 4. The molecule has 2 N–H and O–H groups in total. The van der Waals surface area contributed by atoms with E-state index in [4.69, 9.17) is 16.3 Å². The minimum Gasteiger partial charge on any atom is -0.377 e. The van der Waals surface area contributed by atoms with Crippen LogP contribution in [-0.2, 0) is 21.3 Å². The van der Waals surface area contributed by atoms with Gasteiger partial charge in [0.1, 0.15) is 4.90 Å². The number of aryl methyl sites for hydroxylation is 1. The van der Waals surface area contributed by atoms with Gasteiger partial charge in [0.2, 0.25) is 10.0 Å². The summed E-state index contributed by atoms with van der Waals surface area (Å²) in [5, 5.41) is 2.86. The summed E-state index contributed by atoms with van der Waals surface area (Å²) in [5.41, 5.74) is 2.33. The molecule has 0 radical (unpaired) electrons. The molecule has 1 atom stereocenters. The van der Waals surface area contributed by atoms with Crippen LogP contribution in [0, 0.1) is 6.92 Å². The Morgan fingerprint density at radius 2 is 1.96 bits per heavy atom. The first-order valence-corrected chi connectivity index (χ1v) is 11.0. The summed E-state index contributed by atoms with van der Waals surface area (Å²) >= 11 is 6.09. The van der Waals surface area contributed by atoms with Gasteiger partial charge in [0.15, 0.2) is 0 Å². The minimum absolute atomic E-state index is 0.0647. The first-order chi connectivity index (χ1) is 13.3. The Balaban J connectivity index is 1.68. The first-order valence-electron chi connectivity index (χ1n) is 9.10. The summed E-state index contributed by atoms with van der Waals surface area (Å²) in [4.78, 5) is 12.3. The minimum atomic E-state index is -3.85. The molecule has 1 aliphatic rings. The van der Waals surface area contributed by atoms with Crippen molar-refractivity contribution in [2.75, 3.05) is 13.2 Å². The fraction of sp³-hybridized carbons (Fsp3) is 0.350. The van der Waals surface area contributed by atoms with Crippen LogP contribution in [0.15, 0.2) is 47.4 Å². The lowest BCUT2D eigenvalue weighted by molar-refractivity contribution is 0.0950. The molecule has 28 heavy (non-hydrogen) atoms. The molecular formula is C20H23ClN2O4S. The van der Waals surface area contributed by atoms with E-state index in [0.29, 0.717) is 13.2 Å². The van der Waals surface area contributed by atoms with Gasteiger partial charge in [0.05, 0.1) is 11.1 Å². The molecule has 8 heteroatoms. The van der Waals surface area contributed by atoms with Crippen molar-refractivity contribution in [1.29, 1.82) is 0 Å². The molecule has 150 valence electrons. The second-order valence-corrected chi connectivity index (χ2v) is 8.94. The lowest BCUT2D eigenvalue weighted by Gasteiger charge is -2.13. The van der Waals surface area contributed by atoms with E-state index in [1.165, 1.54) is 18.2 Å². The molecule has 6 nitrogen and oxygen atoms in total. The molecule has 0 bridgehead atoms. The van der Waals surface area contributed by atoms with E-state index in [0.717, 1.165) is 24.0 Å². The van der Waals surface area contributed by atoms with Crippen molar-refractivity contribution in [1.82, 2.24) is 10.0 Å². The average Bonchev–Trinajstić information content (AvgIpc) is 3.20. The number of amides is 1. The van der Waals surface area contributed by atoms with Gasteiger partial charge in [-0.1, -0.05) is 41.4 Å². The number of rotatable bonds is 7. The molecular weight excluding hydrogens is 400 g/mol. The van der Waals surface area contributed by atoms with E-state index in [1.807, 2.05) is 31.2 Å². The third-order valence-corrected chi connectivity index (χ3v) is 6.49. The maximum absolute atomic E-state index is 12.6. The molecule has 2 aromatic rings. The maximum Gasteiger partial charge on any atom is 0.251 e. The summed E-state index contributed by atoms with van der Waals surface area (Å²) in [6.45, 7) is 3.16. The molecule has 0 saturated carbocycles. The number of nitrogens with one attached hydrogen (secondary N) is 2. The molecule has 0 spiro atoms. The summed E-state index contributed by atoms with van der Waals surface area (Å²) in [6, 6.07) is 12.0. The van der Waals surface area contributed by atoms with E-state index in [-0.39, 0.29) is 34.0 Å². The van der Waals surface area contributed by atoms with Gasteiger partial charge in [-0.05, 0) is 43.5 Å². The van der Waals surface area contributed by atoms with Crippen LogP contribution in [-0.4, -0.2) is 33.6 Å². The second kappa shape index (κ2) is 9.05. The zero-order valence-electron chi connectivity index (χ0n) is 15.6. The summed E-state index contributed by atoms with van der Waals surface area (Å²) in [6.07, 6.45) is 1.61. The molecule has 1 heterocycles. The smallest absolute Gasteiger partial charge is 0.251 e. The Morgan fingerprint density at radius 1 is 1.21 bits per heavy atom. The lowest BCUT2D eigenvalue weighted by atomic mass is 10.1. The lowest BCUT2D eigenvalue weighted by Crippen LogP contribution is -2.32. The number of carbonyl (C=O) groups excluding carboxylic acids is 1. The Hall–Kier alpha value is -1.93. The Morgan fingerprint density at radius 3 is 2.64 bits per heavy atom. The molecule has 1 aliphatic heterocycles. The van der Waals surface area contributed by atoms with Crippen molar-refractivity contribution >= 4 is 27.5 Å². The van der Waals surface area contributed by atoms with Gasteiger partial charge in [-0.3, -0.25) is 4.79 Å². The highest BCUT2D eigenvalue weighted by molar-refractivity contribution is 7.89. The van der Waals surface area contributed by atoms with Crippen molar-refractivity contribution in [3.8, 4) is 0 Å². The molecule has 0 unspecified atom stereocenters. The molecule has 3 rings (SSSR count). The molecule has 2 aromatic carbocycles. The third-order valence-electron chi connectivity index (χ3n) is 4.58. The van der Waals surface area contributed by atoms with Crippen LogP contribution < -0.4 is 10.0 Å². The van der Waals surface area contributed by atoms with E-state index in [1.54, 1.807) is 0 Å². The van der Waals surface area contributed by atoms with Gasteiger partial charge in [-0.2, -0.15) is 0 Å². The van der Waals surface area contributed by atoms with Crippen LogP contribution in [0.25, 0.3) is 0 Å². The predicted molar refractivity (Wildman–Crippen MR) is 108 cm³/mol. The zero-order chi connectivity index (χ0) is 20.1.